The molecule has 0 atom stereocenters. The number of fused-ring (bicyclic) bond motifs is 1. The molecule has 0 bridgehead atoms. The van der Waals surface area contributed by atoms with Crippen molar-refractivity contribution >= 4 is 11.6 Å². The molecule has 0 unspecified atom stereocenters. The molecule has 0 N–H and O–H groups in total. The van der Waals surface area contributed by atoms with Gasteiger partial charge in [0.2, 0.25) is 6.79 Å². The second-order valence-electron chi connectivity index (χ2n) is 3.69. The Bertz CT molecular complexity index is 325. The highest BCUT2D eigenvalue weighted by Crippen LogP contribution is 2.32. The minimum absolute atomic E-state index is 0.352. The minimum Gasteiger partial charge on any atom is -0.454 e. The number of halogens is 1. The first-order valence-corrected chi connectivity index (χ1v) is 5.88. The number of aryl methyl sites for hydroxylation is 1. The minimum atomic E-state index is 0.352. The zero-order chi connectivity index (χ0) is 10.5. The lowest BCUT2D eigenvalue weighted by Crippen LogP contribution is -1.93. The van der Waals surface area contributed by atoms with Crippen LogP contribution in [0.25, 0.3) is 0 Å². The summed E-state index contributed by atoms with van der Waals surface area (Å²) in [6.45, 7) is 0.352. The summed E-state index contributed by atoms with van der Waals surface area (Å²) in [4.78, 5) is 0. The van der Waals surface area contributed by atoms with Gasteiger partial charge in [0.25, 0.3) is 0 Å². The van der Waals surface area contributed by atoms with Crippen LogP contribution in [0.1, 0.15) is 24.8 Å². The number of unbranched alkanes of at least 4 members (excludes halogenated alkanes) is 2. The molecule has 1 aliphatic rings. The molecule has 1 aromatic carbocycles. The molecule has 1 aromatic rings. The fourth-order valence-electron chi connectivity index (χ4n) is 1.70. The van der Waals surface area contributed by atoms with Crippen molar-refractivity contribution in [2.24, 2.45) is 0 Å². The van der Waals surface area contributed by atoms with Crippen molar-refractivity contribution in [3.63, 3.8) is 0 Å². The number of rotatable bonds is 5. The van der Waals surface area contributed by atoms with E-state index in [1.165, 1.54) is 18.4 Å². The van der Waals surface area contributed by atoms with Crippen molar-refractivity contribution in [2.45, 2.75) is 25.7 Å². The molecule has 0 aliphatic carbocycles. The molecule has 0 saturated heterocycles. The molecule has 0 amide bonds. The van der Waals surface area contributed by atoms with E-state index in [0.29, 0.717) is 6.79 Å². The van der Waals surface area contributed by atoms with E-state index in [-0.39, 0.29) is 0 Å². The van der Waals surface area contributed by atoms with Gasteiger partial charge in [0.15, 0.2) is 11.5 Å². The zero-order valence-electron chi connectivity index (χ0n) is 8.67. The van der Waals surface area contributed by atoms with Crippen LogP contribution >= 0.6 is 11.6 Å². The molecule has 0 saturated carbocycles. The van der Waals surface area contributed by atoms with E-state index in [4.69, 9.17) is 21.1 Å². The molecular formula is C12H15ClO2. The Morgan fingerprint density at radius 1 is 1.07 bits per heavy atom. The third-order valence-electron chi connectivity index (χ3n) is 2.54. The average molecular weight is 227 g/mol. The summed E-state index contributed by atoms with van der Waals surface area (Å²) < 4.78 is 10.6. The van der Waals surface area contributed by atoms with Crippen molar-refractivity contribution in [1.29, 1.82) is 0 Å². The molecule has 0 radical (unpaired) electrons. The van der Waals surface area contributed by atoms with Gasteiger partial charge in [0.1, 0.15) is 0 Å². The molecule has 0 fully saturated rings. The highest BCUT2D eigenvalue weighted by molar-refractivity contribution is 6.17. The lowest BCUT2D eigenvalue weighted by molar-refractivity contribution is 0.174. The summed E-state index contributed by atoms with van der Waals surface area (Å²) in [7, 11) is 0. The molecule has 0 aromatic heterocycles. The van der Waals surface area contributed by atoms with E-state index in [0.717, 1.165) is 30.2 Å². The summed E-state index contributed by atoms with van der Waals surface area (Å²) in [6.07, 6.45) is 4.57. The van der Waals surface area contributed by atoms with Crippen LogP contribution < -0.4 is 9.47 Å². The van der Waals surface area contributed by atoms with Gasteiger partial charge in [0.05, 0.1) is 0 Å². The number of hydrogen-bond acceptors (Lipinski definition) is 2. The van der Waals surface area contributed by atoms with Crippen LogP contribution in [0.5, 0.6) is 11.5 Å². The maximum Gasteiger partial charge on any atom is 0.231 e. The summed E-state index contributed by atoms with van der Waals surface area (Å²) in [5.74, 6) is 2.51. The van der Waals surface area contributed by atoms with Gasteiger partial charge < -0.3 is 9.47 Å². The van der Waals surface area contributed by atoms with Crippen LogP contribution in [0.3, 0.4) is 0 Å². The van der Waals surface area contributed by atoms with Crippen LogP contribution in [0.15, 0.2) is 18.2 Å². The van der Waals surface area contributed by atoms with E-state index >= 15 is 0 Å². The van der Waals surface area contributed by atoms with Gasteiger partial charge in [-0.2, -0.15) is 0 Å². The molecule has 1 aliphatic heterocycles. The predicted octanol–water partition coefficient (Wildman–Crippen LogP) is 3.37. The van der Waals surface area contributed by atoms with Gasteiger partial charge in [-0.15, -0.1) is 11.6 Å². The van der Waals surface area contributed by atoms with E-state index in [2.05, 4.69) is 12.1 Å². The van der Waals surface area contributed by atoms with Crippen LogP contribution in [0, 0.1) is 0 Å². The third kappa shape index (κ3) is 2.78. The number of ether oxygens (including phenoxy) is 2. The molecular weight excluding hydrogens is 212 g/mol. The predicted molar refractivity (Wildman–Crippen MR) is 60.8 cm³/mol. The maximum atomic E-state index is 5.62. The summed E-state index contributed by atoms with van der Waals surface area (Å²) in [6, 6.07) is 6.16. The Morgan fingerprint density at radius 3 is 2.80 bits per heavy atom. The van der Waals surface area contributed by atoms with Crippen molar-refractivity contribution in [2.75, 3.05) is 12.7 Å². The summed E-state index contributed by atoms with van der Waals surface area (Å²) >= 11 is 5.62. The molecule has 2 nitrogen and oxygen atoms in total. The smallest absolute Gasteiger partial charge is 0.231 e. The quantitative estimate of drug-likeness (QED) is 0.566. The average Bonchev–Trinajstić information content (AvgIpc) is 2.71. The van der Waals surface area contributed by atoms with Gasteiger partial charge in [-0.05, 0) is 37.0 Å². The molecule has 15 heavy (non-hydrogen) atoms. The lowest BCUT2D eigenvalue weighted by Gasteiger charge is -2.02. The van der Waals surface area contributed by atoms with Crippen LogP contribution in [0.4, 0.5) is 0 Å². The largest absolute Gasteiger partial charge is 0.454 e. The van der Waals surface area contributed by atoms with Gasteiger partial charge in [-0.3, -0.25) is 0 Å². The topological polar surface area (TPSA) is 18.5 Å². The number of alkyl halides is 1. The Morgan fingerprint density at radius 2 is 1.93 bits per heavy atom. The SMILES string of the molecule is ClCCCCCc1ccc2c(c1)OCO2. The van der Waals surface area contributed by atoms with Crippen LogP contribution in [-0.4, -0.2) is 12.7 Å². The molecule has 0 spiro atoms. The maximum absolute atomic E-state index is 5.62. The second kappa shape index (κ2) is 5.26. The van der Waals surface area contributed by atoms with Crippen LogP contribution in [-0.2, 0) is 6.42 Å². The Kier molecular flexibility index (Phi) is 3.73. The molecule has 82 valence electrons. The van der Waals surface area contributed by atoms with Gasteiger partial charge in [-0.1, -0.05) is 12.5 Å². The van der Waals surface area contributed by atoms with Gasteiger partial charge >= 0.3 is 0 Å². The Labute approximate surface area is 95.1 Å². The highest BCUT2D eigenvalue weighted by Gasteiger charge is 2.12. The van der Waals surface area contributed by atoms with E-state index in [1.807, 2.05) is 6.07 Å². The molecule has 3 heteroatoms. The highest BCUT2D eigenvalue weighted by atomic mass is 35.5. The van der Waals surface area contributed by atoms with Crippen molar-refractivity contribution in [1.82, 2.24) is 0 Å². The summed E-state index contributed by atoms with van der Waals surface area (Å²) in [5, 5.41) is 0. The van der Waals surface area contributed by atoms with Gasteiger partial charge in [0, 0.05) is 5.88 Å². The zero-order valence-corrected chi connectivity index (χ0v) is 9.43. The monoisotopic (exact) mass is 226 g/mol. The Balaban J connectivity index is 1.87. The fourth-order valence-corrected chi connectivity index (χ4v) is 1.89. The van der Waals surface area contributed by atoms with Gasteiger partial charge in [-0.25, -0.2) is 0 Å². The van der Waals surface area contributed by atoms with E-state index in [1.54, 1.807) is 0 Å². The van der Waals surface area contributed by atoms with Crippen molar-refractivity contribution in [3.8, 4) is 11.5 Å². The summed E-state index contributed by atoms with van der Waals surface area (Å²) in [5.41, 5.74) is 1.31. The van der Waals surface area contributed by atoms with Crippen LogP contribution in [0.2, 0.25) is 0 Å². The standard InChI is InChI=1S/C12H15ClO2/c13-7-3-1-2-4-10-5-6-11-12(8-10)15-9-14-11/h5-6,8H,1-4,7,9H2. The normalized spacial score (nSPS) is 13.1. The molecule has 1 heterocycles. The van der Waals surface area contributed by atoms with E-state index < -0.39 is 0 Å². The second-order valence-corrected chi connectivity index (χ2v) is 4.07. The first-order chi connectivity index (χ1) is 7.40. The molecule has 2 rings (SSSR count). The number of hydrogen-bond donors (Lipinski definition) is 0. The van der Waals surface area contributed by atoms with Crippen molar-refractivity contribution in [3.05, 3.63) is 23.8 Å². The third-order valence-corrected chi connectivity index (χ3v) is 2.80. The number of benzene rings is 1. The Hall–Kier alpha value is -0.890. The van der Waals surface area contributed by atoms with E-state index in [9.17, 15) is 0 Å². The lowest BCUT2D eigenvalue weighted by atomic mass is 10.1. The first kappa shape index (κ1) is 10.6. The van der Waals surface area contributed by atoms with Crippen molar-refractivity contribution < 1.29 is 9.47 Å². The fraction of sp³-hybridized carbons (Fsp3) is 0.500. The first-order valence-electron chi connectivity index (χ1n) is 5.34.